The molecule has 0 atom stereocenters. The number of carbonyl (C=O) groups is 1. The van der Waals surface area contributed by atoms with Crippen LogP contribution in [0, 0.1) is 0 Å². The summed E-state index contributed by atoms with van der Waals surface area (Å²) < 4.78 is 52.2. The second-order valence-corrected chi connectivity index (χ2v) is 8.32. The first-order valence-corrected chi connectivity index (χ1v) is 11.8. The lowest BCUT2D eigenvalue weighted by molar-refractivity contribution is -0.137. The Labute approximate surface area is 217 Å². The van der Waals surface area contributed by atoms with E-state index in [1.165, 1.54) is 13.2 Å². The molecule has 0 unspecified atom stereocenters. The van der Waals surface area contributed by atoms with E-state index in [2.05, 4.69) is 37.4 Å². The van der Waals surface area contributed by atoms with Gasteiger partial charge >= 0.3 is 6.18 Å². The number of nitrogens with zero attached hydrogens (tertiary/aromatic N) is 3. The first-order chi connectivity index (χ1) is 18.3. The first kappa shape index (κ1) is 26.7. The van der Waals surface area contributed by atoms with Crippen LogP contribution in [0.2, 0.25) is 0 Å². The topological polar surface area (TPSA) is 101 Å². The Hall–Kier alpha value is -4.32. The monoisotopic (exact) mass is 528 g/mol. The van der Waals surface area contributed by atoms with E-state index in [0.29, 0.717) is 36.5 Å². The van der Waals surface area contributed by atoms with Crippen LogP contribution in [-0.2, 0) is 15.7 Å². The van der Waals surface area contributed by atoms with Crippen molar-refractivity contribution in [3.63, 3.8) is 0 Å². The van der Waals surface area contributed by atoms with E-state index < -0.39 is 23.5 Å². The predicted octanol–water partition coefficient (Wildman–Crippen LogP) is 5.34. The number of aromatic nitrogens is 2. The predicted molar refractivity (Wildman–Crippen MR) is 140 cm³/mol. The number of rotatable bonds is 8. The summed E-state index contributed by atoms with van der Waals surface area (Å²) in [5.74, 6) is -0.486. The Morgan fingerprint density at radius 2 is 1.95 bits per heavy atom. The normalized spacial score (nSPS) is 13.8. The van der Waals surface area contributed by atoms with E-state index in [0.717, 1.165) is 31.3 Å². The van der Waals surface area contributed by atoms with E-state index in [1.807, 2.05) is 12.1 Å². The average molecular weight is 529 g/mol. The molecule has 2 heterocycles. The maximum Gasteiger partial charge on any atom is 0.421 e. The zero-order valence-corrected chi connectivity index (χ0v) is 20.6. The Balaban J connectivity index is 1.60. The Kier molecular flexibility index (Phi) is 8.31. The number of halogens is 3. The van der Waals surface area contributed by atoms with Gasteiger partial charge in [0.25, 0.3) is 0 Å². The van der Waals surface area contributed by atoms with Crippen LogP contribution in [0.5, 0.6) is 5.75 Å². The minimum atomic E-state index is -4.70. The Morgan fingerprint density at radius 3 is 2.71 bits per heavy atom. The highest BCUT2D eigenvalue weighted by atomic mass is 19.4. The number of ether oxygens (including phenoxy) is 2. The summed E-state index contributed by atoms with van der Waals surface area (Å²) in [5, 5.41) is 8.20. The molecule has 1 saturated heterocycles. The molecule has 3 N–H and O–H groups in total. The number of alkyl halides is 3. The Bertz CT molecular complexity index is 1290. The van der Waals surface area contributed by atoms with Gasteiger partial charge < -0.3 is 30.3 Å². The number of benzene rings is 2. The van der Waals surface area contributed by atoms with Gasteiger partial charge in [-0.1, -0.05) is 12.6 Å². The van der Waals surface area contributed by atoms with Gasteiger partial charge in [0.1, 0.15) is 17.1 Å². The lowest BCUT2D eigenvalue weighted by atomic mass is 10.2. The van der Waals surface area contributed by atoms with Gasteiger partial charge in [0.05, 0.1) is 19.4 Å². The van der Waals surface area contributed by atoms with E-state index in [1.54, 1.807) is 24.3 Å². The van der Waals surface area contributed by atoms with E-state index in [9.17, 15) is 18.0 Å². The molecule has 3 aromatic rings. The molecule has 0 aliphatic carbocycles. The second kappa shape index (κ2) is 11.8. The molecule has 0 saturated carbocycles. The molecule has 12 heteroatoms. The van der Waals surface area contributed by atoms with Crippen molar-refractivity contribution in [1.82, 2.24) is 9.97 Å². The zero-order valence-electron chi connectivity index (χ0n) is 20.6. The number of hydrogen-bond donors (Lipinski definition) is 3. The van der Waals surface area contributed by atoms with Crippen molar-refractivity contribution in [1.29, 1.82) is 0 Å². The third-order valence-corrected chi connectivity index (χ3v) is 5.69. The highest BCUT2D eigenvalue weighted by Crippen LogP contribution is 2.37. The van der Waals surface area contributed by atoms with Crippen LogP contribution in [0.25, 0.3) is 0 Å². The summed E-state index contributed by atoms with van der Waals surface area (Å²) in [6.07, 6.45) is -2.00. The fraction of sp³-hybridized carbons (Fsp3) is 0.269. The van der Waals surface area contributed by atoms with Gasteiger partial charge in [-0.25, -0.2) is 4.98 Å². The van der Waals surface area contributed by atoms with Gasteiger partial charge in [0.15, 0.2) is 0 Å². The zero-order chi connectivity index (χ0) is 27.1. The third kappa shape index (κ3) is 6.71. The van der Waals surface area contributed by atoms with Gasteiger partial charge in [-0.3, -0.25) is 4.79 Å². The molecule has 0 spiro atoms. The lowest BCUT2D eigenvalue weighted by Crippen LogP contribution is -2.25. The van der Waals surface area contributed by atoms with E-state index in [4.69, 9.17) is 9.47 Å². The van der Waals surface area contributed by atoms with Crippen LogP contribution < -0.4 is 25.6 Å². The summed E-state index contributed by atoms with van der Waals surface area (Å²) in [4.78, 5) is 21.7. The summed E-state index contributed by atoms with van der Waals surface area (Å²) in [6, 6.07) is 11.7. The fourth-order valence-corrected chi connectivity index (χ4v) is 3.85. The van der Waals surface area contributed by atoms with E-state index >= 15 is 0 Å². The van der Waals surface area contributed by atoms with Crippen LogP contribution in [-0.4, -0.2) is 49.3 Å². The molecule has 1 aromatic heterocycles. The molecule has 2 aromatic carbocycles. The molecule has 1 amide bonds. The van der Waals surface area contributed by atoms with Crippen LogP contribution in [0.3, 0.4) is 0 Å². The summed E-state index contributed by atoms with van der Waals surface area (Å²) in [6.45, 7) is 6.30. The molecule has 0 bridgehead atoms. The molecule has 1 aliphatic heterocycles. The third-order valence-electron chi connectivity index (χ3n) is 5.69. The van der Waals surface area contributed by atoms with Crippen molar-refractivity contribution in [2.45, 2.75) is 12.6 Å². The van der Waals surface area contributed by atoms with Crippen molar-refractivity contribution in [2.75, 3.05) is 54.3 Å². The highest BCUT2D eigenvalue weighted by molar-refractivity contribution is 5.99. The van der Waals surface area contributed by atoms with Crippen molar-refractivity contribution < 1.29 is 27.4 Å². The Morgan fingerprint density at radius 1 is 1.13 bits per heavy atom. The van der Waals surface area contributed by atoms with Gasteiger partial charge in [-0.2, -0.15) is 18.2 Å². The van der Waals surface area contributed by atoms with Gasteiger partial charge in [-0.05, 0) is 42.8 Å². The SMILES string of the molecule is C=CC(=O)Nc1cccc(Nc2nc(Nc3ccc(N4CCCOCC4)cc3OC)ncc2C(F)(F)F)c1. The minimum Gasteiger partial charge on any atom is -0.494 e. The maximum absolute atomic E-state index is 13.7. The number of anilines is 6. The lowest BCUT2D eigenvalue weighted by Gasteiger charge is -2.23. The van der Waals surface area contributed by atoms with Crippen LogP contribution >= 0.6 is 0 Å². The molecule has 1 aliphatic rings. The molecule has 38 heavy (non-hydrogen) atoms. The standard InChI is InChI=1S/C26H27F3N6O3/c1-3-23(36)31-17-6-4-7-18(14-17)32-24-20(26(27,28)29)16-30-25(34-24)33-21-9-8-19(15-22(21)37-2)35-10-5-12-38-13-11-35/h3-4,6-9,14-16H,1,5,10-13H2,2H3,(H,31,36)(H2,30,32,33,34). The maximum atomic E-state index is 13.7. The average Bonchev–Trinajstić information content (AvgIpc) is 3.18. The molecule has 0 radical (unpaired) electrons. The molecule has 4 rings (SSSR count). The molecular weight excluding hydrogens is 501 g/mol. The van der Waals surface area contributed by atoms with E-state index in [-0.39, 0.29) is 11.6 Å². The smallest absolute Gasteiger partial charge is 0.421 e. The number of nitrogens with one attached hydrogen (secondary N) is 3. The molecule has 1 fully saturated rings. The van der Waals surface area contributed by atoms with Crippen molar-refractivity contribution >= 4 is 40.4 Å². The van der Waals surface area contributed by atoms with Crippen molar-refractivity contribution in [3.8, 4) is 5.75 Å². The number of carbonyl (C=O) groups excluding carboxylic acids is 1. The van der Waals surface area contributed by atoms with Gasteiger partial charge in [-0.15, -0.1) is 0 Å². The van der Waals surface area contributed by atoms with Crippen molar-refractivity contribution in [2.24, 2.45) is 0 Å². The van der Waals surface area contributed by atoms with Crippen molar-refractivity contribution in [3.05, 3.63) is 66.9 Å². The van der Waals surface area contributed by atoms with Gasteiger partial charge in [0.2, 0.25) is 11.9 Å². The van der Waals surface area contributed by atoms with Gasteiger partial charge in [0, 0.05) is 49.0 Å². The number of amides is 1. The van der Waals surface area contributed by atoms with Crippen LogP contribution in [0.4, 0.5) is 47.7 Å². The minimum absolute atomic E-state index is 0.0640. The largest absolute Gasteiger partial charge is 0.494 e. The number of methoxy groups -OCH3 is 1. The quantitative estimate of drug-likeness (QED) is 0.337. The first-order valence-electron chi connectivity index (χ1n) is 11.8. The molecular formula is C26H27F3N6O3. The van der Waals surface area contributed by atoms with Crippen LogP contribution in [0.15, 0.2) is 61.3 Å². The fourth-order valence-electron chi connectivity index (χ4n) is 3.85. The van der Waals surface area contributed by atoms with Crippen LogP contribution in [0.1, 0.15) is 12.0 Å². The molecule has 9 nitrogen and oxygen atoms in total. The summed E-state index contributed by atoms with van der Waals surface area (Å²) in [7, 11) is 1.51. The molecule has 200 valence electrons. The number of hydrogen-bond acceptors (Lipinski definition) is 8. The summed E-state index contributed by atoms with van der Waals surface area (Å²) >= 11 is 0. The summed E-state index contributed by atoms with van der Waals surface area (Å²) in [5.41, 5.74) is 1.04. The second-order valence-electron chi connectivity index (χ2n) is 8.32. The highest BCUT2D eigenvalue weighted by Gasteiger charge is 2.35.